The number of aliphatic hydroxyl groups is 1. The Kier molecular flexibility index (Phi) is 7.11. The van der Waals surface area contributed by atoms with Crippen molar-refractivity contribution in [2.24, 2.45) is 0 Å². The number of hydrogen-bond acceptors (Lipinski definition) is 7. The number of ether oxygens (including phenoxy) is 1. The second kappa shape index (κ2) is 10.3. The molecule has 1 fully saturated rings. The largest absolute Gasteiger partial charge is 0.490 e. The van der Waals surface area contributed by atoms with E-state index < -0.39 is 5.60 Å². The number of piperidine rings is 1. The molecule has 0 bridgehead atoms. The number of nitrogens with zero attached hydrogens (tertiary/aromatic N) is 5. The minimum atomic E-state index is -1.04. The van der Waals surface area contributed by atoms with Crippen LogP contribution in [-0.4, -0.2) is 55.8 Å². The van der Waals surface area contributed by atoms with Crippen molar-refractivity contribution in [2.45, 2.75) is 65.1 Å². The molecular weight excluding hydrogens is 476 g/mol. The molecule has 0 unspecified atom stereocenters. The Morgan fingerprint density at radius 2 is 1.84 bits per heavy atom. The lowest BCUT2D eigenvalue weighted by Gasteiger charge is -2.29. The quantitative estimate of drug-likeness (QED) is 0.327. The molecule has 4 heterocycles. The molecule has 1 aliphatic heterocycles. The van der Waals surface area contributed by atoms with Gasteiger partial charge in [-0.1, -0.05) is 19.9 Å². The molecule has 1 saturated heterocycles. The highest BCUT2D eigenvalue weighted by Crippen LogP contribution is 2.30. The van der Waals surface area contributed by atoms with E-state index in [1.807, 2.05) is 36.5 Å². The first-order valence-electron chi connectivity index (χ1n) is 13.4. The van der Waals surface area contributed by atoms with Crippen molar-refractivity contribution in [3.8, 4) is 11.6 Å². The van der Waals surface area contributed by atoms with Gasteiger partial charge in [0.25, 0.3) is 0 Å². The minimum absolute atomic E-state index is 0.243. The number of fused-ring (bicyclic) bond motifs is 1. The van der Waals surface area contributed by atoms with Crippen molar-refractivity contribution in [3.63, 3.8) is 0 Å². The summed E-state index contributed by atoms with van der Waals surface area (Å²) in [5.74, 6) is 2.40. The predicted molar refractivity (Wildman–Crippen MR) is 152 cm³/mol. The molecule has 0 amide bonds. The summed E-state index contributed by atoms with van der Waals surface area (Å²) in [4.78, 5) is 16.6. The van der Waals surface area contributed by atoms with Gasteiger partial charge in [-0.25, -0.2) is 9.97 Å². The van der Waals surface area contributed by atoms with Crippen LogP contribution in [0.5, 0.6) is 5.75 Å². The van der Waals surface area contributed by atoms with Gasteiger partial charge in [-0.2, -0.15) is 4.98 Å². The molecule has 1 aliphatic rings. The molecule has 5 rings (SSSR count). The maximum atomic E-state index is 10.5. The van der Waals surface area contributed by atoms with Crippen LogP contribution in [-0.2, 0) is 5.60 Å². The molecule has 3 aromatic heterocycles. The number of rotatable bonds is 7. The Morgan fingerprint density at radius 3 is 2.53 bits per heavy atom. The number of aromatic nitrogens is 4. The average molecular weight is 515 g/mol. The van der Waals surface area contributed by atoms with Crippen molar-refractivity contribution < 1.29 is 9.84 Å². The molecule has 0 spiro atoms. The van der Waals surface area contributed by atoms with Crippen LogP contribution in [0.1, 0.15) is 63.4 Å². The second-order valence-electron chi connectivity index (χ2n) is 11.2. The zero-order valence-electron chi connectivity index (χ0n) is 23.2. The zero-order valence-corrected chi connectivity index (χ0v) is 23.2. The molecule has 0 atom stereocenters. The SMILES string of the molecule is Cc1cc(Nc2ncc3cc(C(C)C)n(-c4cccc(C(C)(C)O)n4)c3n2)ccc1OC1CCN(C)CC1. The van der Waals surface area contributed by atoms with Crippen molar-refractivity contribution in [1.29, 1.82) is 0 Å². The molecular formula is C30H38N6O2. The lowest BCUT2D eigenvalue weighted by atomic mass is 10.1. The summed E-state index contributed by atoms with van der Waals surface area (Å²) in [5, 5.41) is 14.8. The fraction of sp³-hybridized carbons (Fsp3) is 0.433. The molecule has 1 aromatic carbocycles. The first-order valence-corrected chi connectivity index (χ1v) is 13.4. The topological polar surface area (TPSA) is 88.3 Å². The van der Waals surface area contributed by atoms with Gasteiger partial charge < -0.3 is 20.1 Å². The van der Waals surface area contributed by atoms with Gasteiger partial charge in [0.2, 0.25) is 5.95 Å². The van der Waals surface area contributed by atoms with Crippen molar-refractivity contribution in [1.82, 2.24) is 24.4 Å². The van der Waals surface area contributed by atoms with Crippen LogP contribution in [0.25, 0.3) is 16.9 Å². The summed E-state index contributed by atoms with van der Waals surface area (Å²) in [6.45, 7) is 12.0. The maximum Gasteiger partial charge on any atom is 0.229 e. The van der Waals surface area contributed by atoms with Crippen LogP contribution in [0, 0.1) is 6.92 Å². The second-order valence-corrected chi connectivity index (χ2v) is 11.2. The van der Waals surface area contributed by atoms with Gasteiger partial charge in [0.1, 0.15) is 23.3 Å². The molecule has 0 saturated carbocycles. The third-order valence-corrected chi connectivity index (χ3v) is 7.14. The first kappa shape index (κ1) is 26.1. The fourth-order valence-electron chi connectivity index (χ4n) is 4.89. The molecule has 4 aromatic rings. The van der Waals surface area contributed by atoms with Gasteiger partial charge in [-0.15, -0.1) is 0 Å². The Hall–Kier alpha value is -3.49. The van der Waals surface area contributed by atoms with Gasteiger partial charge in [-0.05, 0) is 88.5 Å². The van der Waals surface area contributed by atoms with Crippen molar-refractivity contribution in [2.75, 3.05) is 25.5 Å². The normalized spacial score (nSPS) is 15.4. The van der Waals surface area contributed by atoms with E-state index in [-0.39, 0.29) is 12.0 Å². The Morgan fingerprint density at radius 1 is 1.08 bits per heavy atom. The van der Waals surface area contributed by atoms with Gasteiger partial charge in [0.05, 0.1) is 5.69 Å². The predicted octanol–water partition coefficient (Wildman–Crippen LogP) is 5.69. The van der Waals surface area contributed by atoms with Crippen LogP contribution in [0.2, 0.25) is 0 Å². The van der Waals surface area contributed by atoms with E-state index in [2.05, 4.69) is 59.7 Å². The number of nitrogens with one attached hydrogen (secondary N) is 1. The first-order chi connectivity index (χ1) is 18.1. The number of pyridine rings is 1. The third-order valence-electron chi connectivity index (χ3n) is 7.14. The standard InChI is InChI=1S/C30H38N6O2/c1-19(2)24-17-21-18-31-29(34-28(21)36(24)27-9-7-8-26(33-27)30(4,5)37)32-22-10-11-25(20(3)16-22)38-23-12-14-35(6)15-13-23/h7-11,16-19,23,37H,12-15H2,1-6H3,(H,31,32,34). The third kappa shape index (κ3) is 5.51. The summed E-state index contributed by atoms with van der Waals surface area (Å²) in [6.07, 6.45) is 4.21. The number of aryl methyl sites for hydroxylation is 1. The highest BCUT2D eigenvalue weighted by atomic mass is 16.5. The van der Waals surface area contributed by atoms with Crippen molar-refractivity contribution >= 4 is 22.7 Å². The van der Waals surface area contributed by atoms with Crippen LogP contribution in [0.4, 0.5) is 11.6 Å². The lowest BCUT2D eigenvalue weighted by molar-refractivity contribution is 0.0738. The summed E-state index contributed by atoms with van der Waals surface area (Å²) in [5.41, 5.74) is 3.40. The summed E-state index contributed by atoms with van der Waals surface area (Å²) >= 11 is 0. The van der Waals surface area contributed by atoms with Crippen LogP contribution in [0.15, 0.2) is 48.7 Å². The van der Waals surface area contributed by atoms with Crippen LogP contribution in [0.3, 0.4) is 0 Å². The molecule has 8 nitrogen and oxygen atoms in total. The molecule has 0 aliphatic carbocycles. The number of anilines is 2. The van der Waals surface area contributed by atoms with E-state index in [1.165, 1.54) is 0 Å². The molecule has 38 heavy (non-hydrogen) atoms. The smallest absolute Gasteiger partial charge is 0.229 e. The van der Waals surface area contributed by atoms with Crippen LogP contribution >= 0.6 is 0 Å². The molecule has 2 N–H and O–H groups in total. The van der Waals surface area contributed by atoms with E-state index in [1.54, 1.807) is 13.8 Å². The van der Waals surface area contributed by atoms with Gasteiger partial charge in [0, 0.05) is 36.1 Å². The van der Waals surface area contributed by atoms with E-state index in [9.17, 15) is 5.11 Å². The van der Waals surface area contributed by atoms with Gasteiger partial charge in [-0.3, -0.25) is 4.57 Å². The summed E-state index contributed by atoms with van der Waals surface area (Å²) in [6, 6.07) is 13.9. The Bertz CT molecular complexity index is 1430. The number of hydrogen-bond donors (Lipinski definition) is 2. The number of likely N-dealkylation sites (tertiary alicyclic amines) is 1. The monoisotopic (exact) mass is 514 g/mol. The Balaban J connectivity index is 1.44. The molecule has 0 radical (unpaired) electrons. The average Bonchev–Trinajstić information content (AvgIpc) is 3.26. The highest BCUT2D eigenvalue weighted by Gasteiger charge is 2.22. The maximum absolute atomic E-state index is 10.5. The van der Waals surface area contributed by atoms with Crippen molar-refractivity contribution in [3.05, 3.63) is 65.6 Å². The summed E-state index contributed by atoms with van der Waals surface area (Å²) < 4.78 is 8.37. The van der Waals surface area contributed by atoms with E-state index in [0.717, 1.165) is 65.5 Å². The van der Waals surface area contributed by atoms with E-state index in [4.69, 9.17) is 14.7 Å². The van der Waals surface area contributed by atoms with E-state index >= 15 is 0 Å². The Labute approximate surface area is 224 Å². The molecule has 200 valence electrons. The number of benzene rings is 1. The summed E-state index contributed by atoms with van der Waals surface area (Å²) in [7, 11) is 2.16. The van der Waals surface area contributed by atoms with Gasteiger partial charge in [0.15, 0.2) is 5.65 Å². The minimum Gasteiger partial charge on any atom is -0.490 e. The fourth-order valence-corrected chi connectivity index (χ4v) is 4.89. The molecule has 8 heteroatoms. The van der Waals surface area contributed by atoms with Gasteiger partial charge >= 0.3 is 0 Å². The van der Waals surface area contributed by atoms with Crippen LogP contribution < -0.4 is 10.1 Å². The zero-order chi connectivity index (χ0) is 27.0. The highest BCUT2D eigenvalue weighted by molar-refractivity contribution is 5.80. The van der Waals surface area contributed by atoms with E-state index in [0.29, 0.717) is 11.6 Å². The lowest BCUT2D eigenvalue weighted by Crippen LogP contribution is -2.35.